The van der Waals surface area contributed by atoms with Gasteiger partial charge >= 0.3 is 0 Å². The minimum absolute atomic E-state index is 0.0213. The molecule has 2 saturated heterocycles. The van der Waals surface area contributed by atoms with Crippen molar-refractivity contribution < 1.29 is 23.9 Å². The van der Waals surface area contributed by atoms with Gasteiger partial charge < -0.3 is 30.5 Å². The van der Waals surface area contributed by atoms with Gasteiger partial charge in [0.25, 0.3) is 0 Å². The number of piperazine rings is 1. The van der Waals surface area contributed by atoms with Crippen LogP contribution in [-0.4, -0.2) is 77.7 Å². The van der Waals surface area contributed by atoms with Crippen LogP contribution in [0.3, 0.4) is 0 Å². The van der Waals surface area contributed by atoms with Crippen LogP contribution in [0, 0.1) is 5.92 Å². The Morgan fingerprint density at radius 3 is 2.42 bits per heavy atom. The number of aromatic nitrogens is 2. The van der Waals surface area contributed by atoms with E-state index in [4.69, 9.17) is 16.3 Å². The zero-order valence-electron chi connectivity index (χ0n) is 29.5. The summed E-state index contributed by atoms with van der Waals surface area (Å²) in [5, 5.41) is 12.3. The van der Waals surface area contributed by atoms with Crippen LogP contribution in [0.4, 0.5) is 34.5 Å². The molecule has 0 bridgehead atoms. The summed E-state index contributed by atoms with van der Waals surface area (Å²) in [6, 6.07) is 20.6. The number of hydrogen-bond donors (Lipinski definition) is 4. The minimum Gasteiger partial charge on any atom is -0.494 e. The lowest BCUT2D eigenvalue weighted by Gasteiger charge is -2.41. The molecule has 0 radical (unpaired) electrons. The van der Waals surface area contributed by atoms with E-state index >= 15 is 0 Å². The van der Waals surface area contributed by atoms with Crippen molar-refractivity contribution in [3.63, 3.8) is 0 Å². The number of piperidine rings is 1. The molecule has 3 heterocycles. The number of nitrogens with zero attached hydrogens (tertiary/aromatic N) is 4. The second-order valence-corrected chi connectivity index (χ2v) is 14.0. The van der Waals surface area contributed by atoms with E-state index in [0.29, 0.717) is 84.4 Å². The van der Waals surface area contributed by atoms with E-state index < -0.39 is 6.04 Å². The molecule has 3 aromatic carbocycles. The quantitative estimate of drug-likeness (QED) is 0.108. The summed E-state index contributed by atoms with van der Waals surface area (Å²) in [5.74, 6) is 1.23. The maximum atomic E-state index is 13.4. The van der Waals surface area contributed by atoms with Crippen molar-refractivity contribution in [2.75, 3.05) is 54.1 Å². The van der Waals surface area contributed by atoms with E-state index in [2.05, 4.69) is 48.3 Å². The van der Waals surface area contributed by atoms with Gasteiger partial charge in [-0.3, -0.25) is 24.5 Å². The third-order valence-electron chi connectivity index (χ3n) is 10.1. The van der Waals surface area contributed by atoms with Crippen LogP contribution in [0.1, 0.15) is 54.4 Å². The zero-order valence-corrected chi connectivity index (χ0v) is 30.3. The molecule has 2 aliphatic heterocycles. The molecule has 274 valence electrons. The summed E-state index contributed by atoms with van der Waals surface area (Å²) in [6.45, 7) is 4.20. The van der Waals surface area contributed by atoms with Gasteiger partial charge in [-0.15, -0.1) is 0 Å². The van der Waals surface area contributed by atoms with E-state index in [9.17, 15) is 19.2 Å². The topological polar surface area (TPSA) is 158 Å². The normalized spacial score (nSPS) is 19.9. The molecule has 3 fully saturated rings. The lowest BCUT2D eigenvalue weighted by Crippen LogP contribution is -2.51. The first-order valence-corrected chi connectivity index (χ1v) is 18.1. The van der Waals surface area contributed by atoms with E-state index in [-0.39, 0.29) is 29.4 Å². The van der Waals surface area contributed by atoms with Crippen LogP contribution >= 0.6 is 11.6 Å². The molecule has 1 aromatic heterocycles. The van der Waals surface area contributed by atoms with Gasteiger partial charge in [0, 0.05) is 61.5 Å². The highest BCUT2D eigenvalue weighted by Crippen LogP contribution is 2.43. The Kier molecular flexibility index (Phi) is 10.4. The summed E-state index contributed by atoms with van der Waals surface area (Å²) < 4.78 is 5.73. The second kappa shape index (κ2) is 15.5. The maximum absolute atomic E-state index is 13.4. The third-order valence-corrected chi connectivity index (χ3v) is 10.4. The van der Waals surface area contributed by atoms with Crippen molar-refractivity contribution in [3.8, 4) is 5.75 Å². The molecule has 1 aliphatic carbocycles. The fraction of sp³-hybridized carbons (Fsp3) is 0.333. The average Bonchev–Trinajstić information content (AvgIpc) is 3.14. The number of hydrogen-bond acceptors (Lipinski definition) is 11. The van der Waals surface area contributed by atoms with Crippen molar-refractivity contribution in [3.05, 3.63) is 89.1 Å². The number of rotatable bonds is 11. The second-order valence-electron chi connectivity index (χ2n) is 13.6. The summed E-state index contributed by atoms with van der Waals surface area (Å²) >= 11 is 6.40. The smallest absolute Gasteiger partial charge is 0.249 e. The van der Waals surface area contributed by atoms with Crippen molar-refractivity contribution >= 4 is 69.6 Å². The predicted octanol–water partition coefficient (Wildman–Crippen LogP) is 5.89. The number of Topliss-reactive ketones (excluding diaryl/α,β-unsaturated/α-hetero) is 1. The van der Waals surface area contributed by atoms with Gasteiger partial charge in [0.2, 0.25) is 23.7 Å². The lowest BCUT2D eigenvalue weighted by atomic mass is 9.70. The number of para-hydroxylation sites is 1. The van der Waals surface area contributed by atoms with E-state index in [1.807, 2.05) is 41.3 Å². The Morgan fingerprint density at radius 2 is 1.70 bits per heavy atom. The number of halogens is 1. The van der Waals surface area contributed by atoms with E-state index in [1.54, 1.807) is 25.3 Å². The van der Waals surface area contributed by atoms with Crippen LogP contribution in [-0.2, 0) is 14.4 Å². The van der Waals surface area contributed by atoms with Crippen molar-refractivity contribution in [2.45, 2.75) is 44.6 Å². The Labute approximate surface area is 312 Å². The van der Waals surface area contributed by atoms with Gasteiger partial charge in [-0.25, -0.2) is 4.98 Å². The molecule has 4 aromatic rings. The SMILES string of the molecule is COc1cc(N2CCN(C(=O)C3CC(c4ccc(NC5CCC(=O)NC5=O)cc4)C3)CC2)ccc1Nc1ncc(Cl)c(Nc2ccccc2C(C)=O)n1. The first kappa shape index (κ1) is 35.7. The number of carbonyl (C=O) groups is 4. The highest BCUT2D eigenvalue weighted by atomic mass is 35.5. The predicted molar refractivity (Wildman–Crippen MR) is 204 cm³/mol. The van der Waals surface area contributed by atoms with Crippen LogP contribution in [0.5, 0.6) is 5.75 Å². The largest absolute Gasteiger partial charge is 0.494 e. The number of methoxy groups -OCH3 is 1. The van der Waals surface area contributed by atoms with Gasteiger partial charge in [0.1, 0.15) is 16.8 Å². The Hall–Kier alpha value is -5.69. The first-order valence-electron chi connectivity index (χ1n) is 17.7. The zero-order chi connectivity index (χ0) is 37.1. The van der Waals surface area contributed by atoms with Gasteiger partial charge in [-0.05, 0) is 74.1 Å². The minimum atomic E-state index is -0.415. The van der Waals surface area contributed by atoms with E-state index in [1.165, 1.54) is 18.7 Å². The summed E-state index contributed by atoms with van der Waals surface area (Å²) in [6.07, 6.45) is 3.95. The average molecular weight is 737 g/mol. The Morgan fingerprint density at radius 1 is 0.943 bits per heavy atom. The number of anilines is 6. The lowest BCUT2D eigenvalue weighted by molar-refractivity contribution is -0.139. The number of amides is 3. The highest BCUT2D eigenvalue weighted by Gasteiger charge is 2.38. The van der Waals surface area contributed by atoms with Crippen LogP contribution in [0.2, 0.25) is 5.02 Å². The van der Waals surface area contributed by atoms with Crippen LogP contribution in [0.15, 0.2) is 72.9 Å². The standard InChI is InChI=1S/C39H41ClN8O5/c1-23(49)29-5-3-4-6-31(29)43-36-30(40)22-41-39(46-36)44-32-12-11-28(21-34(32)53-2)47-15-17-48(18-16-47)38(52)26-19-25(20-26)24-7-9-27(10-8-24)42-33-13-14-35(50)45-37(33)51/h3-12,21-22,25-26,33,42H,13-20H2,1-2H3,(H,45,50,51)(H2,41,43,44,46). The molecule has 1 saturated carbocycles. The monoisotopic (exact) mass is 736 g/mol. The van der Waals surface area contributed by atoms with Crippen LogP contribution in [0.25, 0.3) is 0 Å². The van der Waals surface area contributed by atoms with E-state index in [0.717, 1.165) is 24.2 Å². The van der Waals surface area contributed by atoms with Gasteiger partial charge in [0.15, 0.2) is 11.6 Å². The molecule has 3 aliphatic rings. The molecular formula is C39H41ClN8O5. The Balaban J connectivity index is 0.905. The fourth-order valence-corrected chi connectivity index (χ4v) is 7.20. The number of carbonyl (C=O) groups excluding carboxylic acids is 4. The summed E-state index contributed by atoms with van der Waals surface area (Å²) in [7, 11) is 1.61. The van der Waals surface area contributed by atoms with Crippen molar-refractivity contribution in [1.29, 1.82) is 0 Å². The Bertz CT molecular complexity index is 2030. The number of ketones is 1. The van der Waals surface area contributed by atoms with Crippen molar-refractivity contribution in [1.82, 2.24) is 20.2 Å². The molecule has 7 rings (SSSR count). The molecule has 1 unspecified atom stereocenters. The molecule has 0 spiro atoms. The van der Waals surface area contributed by atoms with Crippen LogP contribution < -0.4 is 30.9 Å². The molecule has 3 amide bonds. The number of imide groups is 1. The number of nitrogens with one attached hydrogen (secondary N) is 4. The van der Waals surface area contributed by atoms with Gasteiger partial charge in [0.05, 0.1) is 24.7 Å². The number of benzene rings is 3. The number of ether oxygens (including phenoxy) is 1. The highest BCUT2D eigenvalue weighted by molar-refractivity contribution is 6.33. The molecule has 1 atom stereocenters. The summed E-state index contributed by atoms with van der Waals surface area (Å²) in [5.41, 5.74) is 4.80. The third kappa shape index (κ3) is 8.05. The first-order chi connectivity index (χ1) is 25.6. The fourth-order valence-electron chi connectivity index (χ4n) is 7.06. The van der Waals surface area contributed by atoms with Gasteiger partial charge in [-0.1, -0.05) is 35.9 Å². The molecule has 13 nitrogen and oxygen atoms in total. The summed E-state index contributed by atoms with van der Waals surface area (Å²) in [4.78, 5) is 62.1. The molecule has 4 N–H and O–H groups in total. The molecular weight excluding hydrogens is 696 g/mol. The molecule has 53 heavy (non-hydrogen) atoms. The van der Waals surface area contributed by atoms with Crippen molar-refractivity contribution in [2.24, 2.45) is 5.92 Å². The van der Waals surface area contributed by atoms with Gasteiger partial charge in [-0.2, -0.15) is 4.98 Å². The molecule has 14 heteroatoms. The maximum Gasteiger partial charge on any atom is 0.249 e.